The Morgan fingerprint density at radius 3 is 2.57 bits per heavy atom. The quantitative estimate of drug-likeness (QED) is 0.632. The Kier molecular flexibility index (Phi) is 5.26. The molecule has 1 saturated heterocycles. The molecule has 28 heavy (non-hydrogen) atoms. The molecule has 2 N–H and O–H groups in total. The lowest BCUT2D eigenvalue weighted by molar-refractivity contribution is -0.125. The van der Waals surface area contributed by atoms with Crippen LogP contribution in [0.25, 0.3) is 10.9 Å². The van der Waals surface area contributed by atoms with Crippen LogP contribution in [0.5, 0.6) is 0 Å². The molecule has 1 amide bonds. The Morgan fingerprint density at radius 2 is 1.89 bits per heavy atom. The Balaban J connectivity index is 1.66. The number of fused-ring (bicyclic) bond motifs is 1. The molecule has 2 aliphatic rings. The van der Waals surface area contributed by atoms with E-state index in [1.807, 2.05) is 36.1 Å². The summed E-state index contributed by atoms with van der Waals surface area (Å²) < 4.78 is 0. The highest BCUT2D eigenvalue weighted by Gasteiger charge is 2.32. The fourth-order valence-electron chi connectivity index (χ4n) is 3.98. The highest BCUT2D eigenvalue weighted by atomic mass is 16.2. The molecule has 148 valence electrons. The fraction of sp³-hybridized carbons (Fsp3) is 0.524. The second-order valence-electron chi connectivity index (χ2n) is 8.00. The van der Waals surface area contributed by atoms with Gasteiger partial charge in [0.15, 0.2) is 0 Å². The molecule has 2 fully saturated rings. The third-order valence-corrected chi connectivity index (χ3v) is 6.01. The monoisotopic (exact) mass is 380 g/mol. The van der Waals surface area contributed by atoms with Crippen molar-refractivity contribution in [3.63, 3.8) is 0 Å². The van der Waals surface area contributed by atoms with Gasteiger partial charge in [0.1, 0.15) is 0 Å². The summed E-state index contributed by atoms with van der Waals surface area (Å²) >= 11 is 0. The molecule has 4 rings (SSSR count). The molecule has 2 aromatic rings. The van der Waals surface area contributed by atoms with Gasteiger partial charge in [0, 0.05) is 17.3 Å². The maximum Gasteiger partial charge on any atom is 0.233 e. The van der Waals surface area contributed by atoms with E-state index in [0.717, 1.165) is 61.8 Å². The Bertz CT molecular complexity index is 886. The first-order valence-corrected chi connectivity index (χ1v) is 10.1. The number of rotatable bonds is 3. The smallest absolute Gasteiger partial charge is 0.233 e. The molecule has 1 aliphatic carbocycles. The van der Waals surface area contributed by atoms with Crippen molar-refractivity contribution in [2.75, 3.05) is 25.0 Å². The van der Waals surface area contributed by atoms with Gasteiger partial charge in [0.2, 0.25) is 17.8 Å². The number of carbonyl (C=O) groups is 1. The molecule has 7 heteroatoms. The minimum Gasteiger partial charge on any atom is -0.306 e. The first-order valence-electron chi connectivity index (χ1n) is 10.1. The summed E-state index contributed by atoms with van der Waals surface area (Å²) in [5, 5.41) is 12.5. The van der Waals surface area contributed by atoms with Gasteiger partial charge in [0.25, 0.3) is 0 Å². The number of hydrogen-bond donors (Lipinski definition) is 2. The van der Waals surface area contributed by atoms with Gasteiger partial charge in [-0.3, -0.25) is 20.4 Å². The predicted molar refractivity (Wildman–Crippen MR) is 110 cm³/mol. The lowest BCUT2D eigenvalue weighted by atomic mass is 9.85. The number of amides is 1. The normalized spacial score (nSPS) is 18.6. The largest absolute Gasteiger partial charge is 0.306 e. The van der Waals surface area contributed by atoms with Crippen LogP contribution in [-0.4, -0.2) is 52.9 Å². The van der Waals surface area contributed by atoms with Crippen molar-refractivity contribution in [1.29, 1.82) is 5.41 Å². The van der Waals surface area contributed by atoms with E-state index in [2.05, 4.69) is 17.3 Å². The van der Waals surface area contributed by atoms with Gasteiger partial charge in [-0.2, -0.15) is 0 Å². The van der Waals surface area contributed by atoms with E-state index in [1.54, 1.807) is 0 Å². The van der Waals surface area contributed by atoms with Crippen molar-refractivity contribution in [3.05, 3.63) is 30.0 Å². The lowest BCUT2D eigenvalue weighted by Crippen LogP contribution is -2.54. The molecule has 0 unspecified atom stereocenters. The third kappa shape index (κ3) is 3.71. The van der Waals surface area contributed by atoms with E-state index in [1.165, 1.54) is 0 Å². The molecule has 1 aliphatic heterocycles. The minimum atomic E-state index is -0.0494. The van der Waals surface area contributed by atoms with E-state index in [0.29, 0.717) is 5.95 Å². The van der Waals surface area contributed by atoms with Crippen molar-refractivity contribution >= 4 is 28.7 Å². The maximum atomic E-state index is 12.5. The number of hydrogen-bond acceptors (Lipinski definition) is 5. The van der Waals surface area contributed by atoms with Crippen LogP contribution >= 0.6 is 0 Å². The number of benzene rings is 1. The number of guanidine groups is 1. The number of para-hydroxylation sites is 1. The van der Waals surface area contributed by atoms with Crippen molar-refractivity contribution in [1.82, 2.24) is 20.2 Å². The van der Waals surface area contributed by atoms with Crippen LogP contribution < -0.4 is 10.2 Å². The molecule has 7 nitrogen and oxygen atoms in total. The standard InChI is InChI=1S/C21H28N6O/c1-14-17-8-3-4-9-18(17)24-21(23-14)27(16-10-12-26(2)13-11-16)20(22)25-19(28)15-6-5-7-15/h3-4,8-9,15-16H,5-7,10-13H2,1-2H3,(H2,22,25,28). The van der Waals surface area contributed by atoms with Crippen molar-refractivity contribution in [2.24, 2.45) is 5.92 Å². The highest BCUT2D eigenvalue weighted by Crippen LogP contribution is 2.27. The van der Waals surface area contributed by atoms with E-state index < -0.39 is 0 Å². The number of aryl methyl sites for hydroxylation is 1. The van der Waals surface area contributed by atoms with E-state index in [4.69, 9.17) is 15.4 Å². The van der Waals surface area contributed by atoms with Gasteiger partial charge in [-0.1, -0.05) is 24.6 Å². The number of nitrogens with one attached hydrogen (secondary N) is 2. The molecule has 1 aromatic heterocycles. The van der Waals surface area contributed by atoms with Crippen LogP contribution in [-0.2, 0) is 4.79 Å². The van der Waals surface area contributed by atoms with Gasteiger partial charge in [-0.25, -0.2) is 9.97 Å². The molecule has 0 spiro atoms. The molecule has 0 radical (unpaired) electrons. The molecular weight excluding hydrogens is 352 g/mol. The van der Waals surface area contributed by atoms with Gasteiger partial charge in [0.05, 0.1) is 11.2 Å². The van der Waals surface area contributed by atoms with Crippen LogP contribution in [0.15, 0.2) is 24.3 Å². The van der Waals surface area contributed by atoms with Crippen LogP contribution in [0.3, 0.4) is 0 Å². The topological polar surface area (TPSA) is 85.2 Å². The van der Waals surface area contributed by atoms with E-state index >= 15 is 0 Å². The van der Waals surface area contributed by atoms with Crippen LogP contribution in [0, 0.1) is 18.3 Å². The predicted octanol–water partition coefficient (Wildman–Crippen LogP) is 2.69. The van der Waals surface area contributed by atoms with Crippen LogP contribution in [0.2, 0.25) is 0 Å². The molecular formula is C21H28N6O. The average Bonchev–Trinajstić information content (AvgIpc) is 2.62. The summed E-state index contributed by atoms with van der Waals surface area (Å²) in [5.74, 6) is 0.594. The van der Waals surface area contributed by atoms with Crippen molar-refractivity contribution < 1.29 is 4.79 Å². The molecule has 0 bridgehead atoms. The van der Waals surface area contributed by atoms with Crippen molar-refractivity contribution in [3.8, 4) is 0 Å². The molecule has 1 aromatic carbocycles. The number of nitrogens with zero attached hydrogens (tertiary/aromatic N) is 4. The Morgan fingerprint density at radius 1 is 1.18 bits per heavy atom. The van der Waals surface area contributed by atoms with Gasteiger partial charge in [-0.15, -0.1) is 0 Å². The first kappa shape index (κ1) is 18.8. The van der Waals surface area contributed by atoms with Gasteiger partial charge >= 0.3 is 0 Å². The summed E-state index contributed by atoms with van der Waals surface area (Å²) in [4.78, 5) is 26.0. The lowest BCUT2D eigenvalue weighted by Gasteiger charge is -2.37. The Hall–Kier alpha value is -2.54. The summed E-state index contributed by atoms with van der Waals surface area (Å²) in [6.45, 7) is 3.88. The number of anilines is 1. The molecule has 0 atom stereocenters. The second-order valence-corrected chi connectivity index (χ2v) is 8.00. The summed E-state index contributed by atoms with van der Waals surface area (Å²) in [6.07, 6.45) is 4.75. The third-order valence-electron chi connectivity index (χ3n) is 6.01. The van der Waals surface area contributed by atoms with Gasteiger partial charge < -0.3 is 4.90 Å². The zero-order valence-electron chi connectivity index (χ0n) is 16.6. The molecule has 2 heterocycles. The van der Waals surface area contributed by atoms with Crippen molar-refractivity contribution in [2.45, 2.75) is 45.1 Å². The minimum absolute atomic E-state index is 0.0407. The van der Waals surface area contributed by atoms with E-state index in [9.17, 15) is 4.79 Å². The fourth-order valence-corrected chi connectivity index (χ4v) is 3.98. The highest BCUT2D eigenvalue weighted by molar-refractivity contribution is 6.04. The maximum absolute atomic E-state index is 12.5. The number of aromatic nitrogens is 2. The molecule has 1 saturated carbocycles. The van der Waals surface area contributed by atoms with Crippen LogP contribution in [0.1, 0.15) is 37.8 Å². The summed E-state index contributed by atoms with van der Waals surface area (Å²) in [7, 11) is 2.11. The Labute approximate surface area is 165 Å². The van der Waals surface area contributed by atoms with Gasteiger partial charge in [-0.05, 0) is 58.8 Å². The number of carbonyl (C=O) groups excluding carboxylic acids is 1. The summed E-state index contributed by atoms with van der Waals surface area (Å²) in [6, 6.07) is 8.02. The number of likely N-dealkylation sites (tertiary alicyclic amines) is 1. The zero-order valence-corrected chi connectivity index (χ0v) is 16.6. The first-order chi connectivity index (χ1) is 13.5. The number of piperidine rings is 1. The van der Waals surface area contributed by atoms with E-state index in [-0.39, 0.29) is 23.8 Å². The second kappa shape index (κ2) is 7.83. The summed E-state index contributed by atoms with van der Waals surface area (Å²) in [5.41, 5.74) is 1.75. The zero-order chi connectivity index (χ0) is 19.7. The average molecular weight is 380 g/mol. The van der Waals surface area contributed by atoms with Crippen LogP contribution in [0.4, 0.5) is 5.95 Å². The SMILES string of the molecule is Cc1nc(N(C(=N)NC(=O)C2CCC2)C2CCN(C)CC2)nc2ccccc12.